The molecule has 0 aliphatic rings. The molecule has 20 heavy (non-hydrogen) atoms. The molecule has 0 radical (unpaired) electrons. The molecule has 0 atom stereocenters. The molecule has 104 valence electrons. The predicted molar refractivity (Wildman–Crippen MR) is 83.4 cm³/mol. The molecule has 0 spiro atoms. The maximum Gasteiger partial charge on any atom is 0.176 e. The second-order valence-electron chi connectivity index (χ2n) is 4.90. The quantitative estimate of drug-likeness (QED) is 0.755. The van der Waals surface area contributed by atoms with Crippen LogP contribution < -0.4 is 0 Å². The van der Waals surface area contributed by atoms with Crippen LogP contribution >= 0.6 is 11.6 Å². The van der Waals surface area contributed by atoms with Crippen LogP contribution in [0, 0.1) is 0 Å². The predicted octanol–water partition coefficient (Wildman–Crippen LogP) is 3.70. The molecular weight excluding hydrogens is 270 g/mol. The standard InChI is InChI=1S/C17H18ClNO/c1-19(12-11-14-5-3-2-4-6-14)13-17(20)15-7-9-16(18)10-8-15/h2-10H,11-13H2,1H3. The average molecular weight is 288 g/mol. The molecule has 2 aromatic carbocycles. The van der Waals surface area contributed by atoms with Gasteiger partial charge in [-0.25, -0.2) is 0 Å². The van der Waals surface area contributed by atoms with E-state index in [2.05, 4.69) is 12.1 Å². The summed E-state index contributed by atoms with van der Waals surface area (Å²) in [6, 6.07) is 17.3. The zero-order chi connectivity index (χ0) is 14.4. The fourth-order valence-electron chi connectivity index (χ4n) is 2.02. The number of likely N-dealkylation sites (N-methyl/N-ethyl adjacent to an activating group) is 1. The summed E-state index contributed by atoms with van der Waals surface area (Å²) in [5, 5.41) is 0.652. The highest BCUT2D eigenvalue weighted by atomic mass is 35.5. The van der Waals surface area contributed by atoms with E-state index in [1.54, 1.807) is 24.3 Å². The highest BCUT2D eigenvalue weighted by molar-refractivity contribution is 6.30. The lowest BCUT2D eigenvalue weighted by molar-refractivity contribution is 0.0947. The van der Waals surface area contributed by atoms with Gasteiger partial charge in [-0.3, -0.25) is 9.69 Å². The van der Waals surface area contributed by atoms with Crippen LogP contribution in [0.1, 0.15) is 15.9 Å². The van der Waals surface area contributed by atoms with Gasteiger partial charge in [0.1, 0.15) is 0 Å². The number of Topliss-reactive ketones (excluding diaryl/α,β-unsaturated/α-hetero) is 1. The number of rotatable bonds is 6. The third kappa shape index (κ3) is 4.48. The normalized spacial score (nSPS) is 10.8. The molecule has 2 aromatic rings. The van der Waals surface area contributed by atoms with Crippen LogP contribution in [0.25, 0.3) is 0 Å². The average Bonchev–Trinajstić information content (AvgIpc) is 2.47. The Bertz CT molecular complexity index is 551. The lowest BCUT2D eigenvalue weighted by Crippen LogP contribution is -2.28. The number of ketones is 1. The Balaban J connectivity index is 1.83. The topological polar surface area (TPSA) is 20.3 Å². The van der Waals surface area contributed by atoms with Crippen molar-refractivity contribution < 1.29 is 4.79 Å². The summed E-state index contributed by atoms with van der Waals surface area (Å²) in [4.78, 5) is 14.1. The third-order valence-electron chi connectivity index (χ3n) is 3.20. The summed E-state index contributed by atoms with van der Waals surface area (Å²) >= 11 is 5.82. The summed E-state index contributed by atoms with van der Waals surface area (Å²) in [6.45, 7) is 1.29. The van der Waals surface area contributed by atoms with E-state index in [1.807, 2.05) is 30.1 Å². The number of hydrogen-bond acceptors (Lipinski definition) is 2. The summed E-state index contributed by atoms with van der Waals surface area (Å²) < 4.78 is 0. The van der Waals surface area contributed by atoms with Crippen molar-refractivity contribution in [1.82, 2.24) is 4.90 Å². The molecule has 0 heterocycles. The van der Waals surface area contributed by atoms with E-state index in [9.17, 15) is 4.79 Å². The van der Waals surface area contributed by atoms with Crippen molar-refractivity contribution in [3.05, 3.63) is 70.7 Å². The Morgan fingerprint density at radius 1 is 1.05 bits per heavy atom. The summed E-state index contributed by atoms with van der Waals surface area (Å²) in [5.74, 6) is 0.122. The van der Waals surface area contributed by atoms with Crippen LogP contribution in [0.3, 0.4) is 0 Å². The molecule has 0 saturated heterocycles. The molecule has 0 aromatic heterocycles. The van der Waals surface area contributed by atoms with Gasteiger partial charge < -0.3 is 0 Å². The first-order valence-electron chi connectivity index (χ1n) is 6.66. The van der Waals surface area contributed by atoms with Crippen molar-refractivity contribution in [3.63, 3.8) is 0 Å². The van der Waals surface area contributed by atoms with E-state index in [-0.39, 0.29) is 5.78 Å². The van der Waals surface area contributed by atoms with E-state index in [0.717, 1.165) is 13.0 Å². The summed E-state index contributed by atoms with van der Waals surface area (Å²) in [6.07, 6.45) is 0.950. The first kappa shape index (κ1) is 14.8. The number of carbonyl (C=O) groups is 1. The van der Waals surface area contributed by atoms with Crippen LogP contribution in [-0.2, 0) is 6.42 Å². The van der Waals surface area contributed by atoms with Crippen molar-refractivity contribution in [2.45, 2.75) is 6.42 Å². The Morgan fingerprint density at radius 2 is 1.70 bits per heavy atom. The van der Waals surface area contributed by atoms with Crippen LogP contribution in [0.15, 0.2) is 54.6 Å². The van der Waals surface area contributed by atoms with Gasteiger partial charge in [0.25, 0.3) is 0 Å². The van der Waals surface area contributed by atoms with Gasteiger partial charge in [-0.1, -0.05) is 41.9 Å². The van der Waals surface area contributed by atoms with Crippen molar-refractivity contribution in [2.24, 2.45) is 0 Å². The van der Waals surface area contributed by atoms with Crippen LogP contribution in [0.4, 0.5) is 0 Å². The maximum atomic E-state index is 12.1. The van der Waals surface area contributed by atoms with Gasteiger partial charge in [-0.05, 0) is 43.3 Å². The molecule has 0 aliphatic heterocycles. The fraction of sp³-hybridized carbons (Fsp3) is 0.235. The van der Waals surface area contributed by atoms with Crippen molar-refractivity contribution in [1.29, 1.82) is 0 Å². The summed E-state index contributed by atoms with van der Waals surface area (Å²) in [5.41, 5.74) is 2.00. The van der Waals surface area contributed by atoms with Gasteiger partial charge >= 0.3 is 0 Å². The van der Waals surface area contributed by atoms with E-state index in [0.29, 0.717) is 17.1 Å². The lowest BCUT2D eigenvalue weighted by Gasteiger charge is -2.15. The molecule has 0 N–H and O–H groups in total. The monoisotopic (exact) mass is 287 g/mol. The molecular formula is C17H18ClNO. The SMILES string of the molecule is CN(CCc1ccccc1)CC(=O)c1ccc(Cl)cc1. The molecule has 2 nitrogen and oxygen atoms in total. The van der Waals surface area contributed by atoms with Gasteiger partial charge in [0.2, 0.25) is 0 Å². The second-order valence-corrected chi connectivity index (χ2v) is 5.34. The molecule has 0 bridgehead atoms. The van der Waals surface area contributed by atoms with Crippen molar-refractivity contribution in [2.75, 3.05) is 20.1 Å². The Hall–Kier alpha value is -1.64. The first-order chi connectivity index (χ1) is 9.65. The first-order valence-corrected chi connectivity index (χ1v) is 7.04. The smallest absolute Gasteiger partial charge is 0.176 e. The van der Waals surface area contributed by atoms with Crippen LogP contribution in [-0.4, -0.2) is 30.8 Å². The zero-order valence-corrected chi connectivity index (χ0v) is 12.3. The molecule has 0 saturated carbocycles. The molecule has 0 unspecified atom stereocenters. The minimum atomic E-state index is 0.122. The Morgan fingerprint density at radius 3 is 2.35 bits per heavy atom. The minimum absolute atomic E-state index is 0.122. The number of carbonyl (C=O) groups excluding carboxylic acids is 1. The molecule has 0 aliphatic carbocycles. The molecule has 0 amide bonds. The van der Waals surface area contributed by atoms with E-state index >= 15 is 0 Å². The second kappa shape index (κ2) is 7.22. The van der Waals surface area contributed by atoms with Crippen molar-refractivity contribution in [3.8, 4) is 0 Å². The van der Waals surface area contributed by atoms with E-state index in [1.165, 1.54) is 5.56 Å². The van der Waals surface area contributed by atoms with Gasteiger partial charge in [0.15, 0.2) is 5.78 Å². The van der Waals surface area contributed by atoms with Gasteiger partial charge in [-0.2, -0.15) is 0 Å². The maximum absolute atomic E-state index is 12.1. The molecule has 3 heteroatoms. The molecule has 2 rings (SSSR count). The van der Waals surface area contributed by atoms with Crippen molar-refractivity contribution >= 4 is 17.4 Å². The number of nitrogens with zero attached hydrogens (tertiary/aromatic N) is 1. The van der Waals surface area contributed by atoms with Gasteiger partial charge in [-0.15, -0.1) is 0 Å². The minimum Gasteiger partial charge on any atom is -0.299 e. The fourth-order valence-corrected chi connectivity index (χ4v) is 2.14. The van der Waals surface area contributed by atoms with E-state index in [4.69, 9.17) is 11.6 Å². The Kier molecular flexibility index (Phi) is 5.33. The number of halogens is 1. The van der Waals surface area contributed by atoms with Gasteiger partial charge in [0, 0.05) is 17.1 Å². The summed E-state index contributed by atoms with van der Waals surface area (Å²) in [7, 11) is 1.97. The number of hydrogen-bond donors (Lipinski definition) is 0. The van der Waals surface area contributed by atoms with Gasteiger partial charge in [0.05, 0.1) is 6.54 Å². The zero-order valence-electron chi connectivity index (χ0n) is 11.6. The van der Waals surface area contributed by atoms with Crippen LogP contribution in [0.5, 0.6) is 0 Å². The van der Waals surface area contributed by atoms with E-state index < -0.39 is 0 Å². The van der Waals surface area contributed by atoms with Crippen LogP contribution in [0.2, 0.25) is 5.02 Å². The third-order valence-corrected chi connectivity index (χ3v) is 3.46. The highest BCUT2D eigenvalue weighted by Gasteiger charge is 2.09. The highest BCUT2D eigenvalue weighted by Crippen LogP contribution is 2.10. The largest absolute Gasteiger partial charge is 0.299 e. The molecule has 0 fully saturated rings. The lowest BCUT2D eigenvalue weighted by atomic mass is 10.1. The Labute approximate surface area is 125 Å². The number of benzene rings is 2.